The fourth-order valence-electron chi connectivity index (χ4n) is 2.34. The van der Waals surface area contributed by atoms with Gasteiger partial charge in [0.05, 0.1) is 5.39 Å². The van der Waals surface area contributed by atoms with Crippen molar-refractivity contribution in [3.8, 4) is 0 Å². The van der Waals surface area contributed by atoms with Gasteiger partial charge < -0.3 is 15.6 Å². The highest BCUT2D eigenvalue weighted by molar-refractivity contribution is 6.30. The third kappa shape index (κ3) is 3.65. The summed E-state index contributed by atoms with van der Waals surface area (Å²) in [5, 5.41) is 7.47. The second-order valence-electron chi connectivity index (χ2n) is 5.41. The highest BCUT2D eigenvalue weighted by Gasteiger charge is 2.13. The summed E-state index contributed by atoms with van der Waals surface area (Å²) in [5.74, 6) is 0.473. The number of aromatic amines is 1. The number of anilines is 2. The zero-order valence-corrected chi connectivity index (χ0v) is 14.0. The van der Waals surface area contributed by atoms with E-state index in [0.29, 0.717) is 28.7 Å². The van der Waals surface area contributed by atoms with E-state index in [-0.39, 0.29) is 5.91 Å². The van der Waals surface area contributed by atoms with E-state index in [9.17, 15) is 4.79 Å². The number of carbonyl (C=O) groups is 1. The first-order valence-corrected chi connectivity index (χ1v) is 8.19. The highest BCUT2D eigenvalue weighted by atomic mass is 35.5. The fraction of sp³-hybridized carbons (Fsp3) is 0.235. The van der Waals surface area contributed by atoms with E-state index < -0.39 is 0 Å². The lowest BCUT2D eigenvalue weighted by Crippen LogP contribution is -2.24. The Hall–Kier alpha value is -2.60. The van der Waals surface area contributed by atoms with Crippen LogP contribution in [0.5, 0.6) is 0 Å². The molecule has 0 saturated heterocycles. The van der Waals surface area contributed by atoms with Gasteiger partial charge in [0.15, 0.2) is 0 Å². The molecule has 0 atom stereocenters. The van der Waals surface area contributed by atoms with Gasteiger partial charge in [-0.15, -0.1) is 0 Å². The molecule has 0 bridgehead atoms. The number of nitrogens with one attached hydrogen (secondary N) is 3. The molecule has 0 unspecified atom stereocenters. The molecule has 3 rings (SSSR count). The van der Waals surface area contributed by atoms with E-state index in [0.717, 1.165) is 23.9 Å². The van der Waals surface area contributed by atoms with Crippen LogP contribution in [0.15, 0.2) is 36.7 Å². The highest BCUT2D eigenvalue weighted by Crippen LogP contribution is 2.25. The molecule has 0 radical (unpaired) electrons. The molecule has 7 heteroatoms. The first-order valence-electron chi connectivity index (χ1n) is 7.82. The fourth-order valence-corrected chi connectivity index (χ4v) is 2.53. The molecule has 24 heavy (non-hydrogen) atoms. The van der Waals surface area contributed by atoms with Crippen molar-refractivity contribution < 1.29 is 4.79 Å². The topological polar surface area (TPSA) is 82.7 Å². The summed E-state index contributed by atoms with van der Waals surface area (Å²) < 4.78 is 0. The number of rotatable bonds is 6. The average Bonchev–Trinajstić information content (AvgIpc) is 3.00. The van der Waals surface area contributed by atoms with Crippen LogP contribution in [0.3, 0.4) is 0 Å². The van der Waals surface area contributed by atoms with E-state index in [2.05, 4.69) is 32.5 Å². The Kier molecular flexibility index (Phi) is 4.96. The lowest BCUT2D eigenvalue weighted by atomic mass is 10.3. The molecule has 0 aliphatic rings. The third-order valence-corrected chi connectivity index (χ3v) is 3.81. The summed E-state index contributed by atoms with van der Waals surface area (Å²) >= 11 is 6.00. The molecule has 0 aliphatic heterocycles. The average molecular weight is 344 g/mol. The van der Waals surface area contributed by atoms with E-state index in [1.165, 1.54) is 6.33 Å². The molecule has 3 aromatic rings. The quantitative estimate of drug-likeness (QED) is 0.593. The van der Waals surface area contributed by atoms with E-state index >= 15 is 0 Å². The Balaban J connectivity index is 1.86. The maximum absolute atomic E-state index is 12.2. The monoisotopic (exact) mass is 343 g/mol. The number of H-pyrrole nitrogens is 1. The van der Waals surface area contributed by atoms with Crippen LogP contribution in [0.2, 0.25) is 5.02 Å². The van der Waals surface area contributed by atoms with Gasteiger partial charge in [-0.25, -0.2) is 9.97 Å². The molecule has 1 aromatic carbocycles. The number of unbranched alkanes of at least 4 members (excludes halogenated alkanes) is 1. The molecule has 124 valence electrons. The predicted octanol–water partition coefficient (Wildman–Crippen LogP) is 3.88. The maximum Gasteiger partial charge on any atom is 0.267 e. The van der Waals surface area contributed by atoms with Gasteiger partial charge in [0.25, 0.3) is 5.91 Å². The van der Waals surface area contributed by atoms with Crippen LogP contribution < -0.4 is 10.6 Å². The maximum atomic E-state index is 12.2. The molecular weight excluding hydrogens is 326 g/mol. The predicted molar refractivity (Wildman–Crippen MR) is 95.9 cm³/mol. The Morgan fingerprint density at radius 1 is 1.29 bits per heavy atom. The molecule has 6 nitrogen and oxygen atoms in total. The molecule has 0 aliphatic carbocycles. The molecule has 2 heterocycles. The van der Waals surface area contributed by atoms with Crippen molar-refractivity contribution in [3.05, 3.63) is 47.4 Å². The van der Waals surface area contributed by atoms with Crippen molar-refractivity contribution in [1.82, 2.24) is 20.3 Å². The van der Waals surface area contributed by atoms with E-state index in [1.807, 2.05) is 12.1 Å². The standard InChI is InChI=1S/C17H18ClN5O/c1-2-3-7-19-17(24)14-9-13-15(20-10-21-16(13)23-14)22-12-6-4-5-11(18)8-12/h4-6,8-10H,2-3,7H2,1H3,(H,19,24)(H2,20,21,22,23). The Morgan fingerprint density at radius 2 is 2.17 bits per heavy atom. The van der Waals surface area contributed by atoms with Crippen molar-refractivity contribution in [3.63, 3.8) is 0 Å². The van der Waals surface area contributed by atoms with Crippen LogP contribution in [0.25, 0.3) is 11.0 Å². The second kappa shape index (κ2) is 7.31. The first-order chi connectivity index (χ1) is 11.7. The van der Waals surface area contributed by atoms with Crippen molar-refractivity contribution in [2.45, 2.75) is 19.8 Å². The minimum absolute atomic E-state index is 0.143. The lowest BCUT2D eigenvalue weighted by Gasteiger charge is -2.06. The van der Waals surface area contributed by atoms with Crippen molar-refractivity contribution in [2.75, 3.05) is 11.9 Å². The SMILES string of the molecule is CCCCNC(=O)c1cc2c(Nc3cccc(Cl)c3)ncnc2[nH]1. The number of hydrogen-bond acceptors (Lipinski definition) is 4. The number of amides is 1. The Bertz CT molecular complexity index is 861. The number of carbonyl (C=O) groups excluding carboxylic acids is 1. The number of hydrogen-bond donors (Lipinski definition) is 3. The van der Waals surface area contributed by atoms with Gasteiger partial charge in [0.1, 0.15) is 23.5 Å². The summed E-state index contributed by atoms with van der Waals surface area (Å²) in [6.07, 6.45) is 3.43. The van der Waals surface area contributed by atoms with Gasteiger partial charge >= 0.3 is 0 Å². The van der Waals surface area contributed by atoms with Gasteiger partial charge in [-0.2, -0.15) is 0 Å². The summed E-state index contributed by atoms with van der Waals surface area (Å²) in [6, 6.07) is 9.11. The molecule has 1 amide bonds. The van der Waals surface area contributed by atoms with Crippen LogP contribution in [-0.4, -0.2) is 27.4 Å². The van der Waals surface area contributed by atoms with E-state index in [4.69, 9.17) is 11.6 Å². The van der Waals surface area contributed by atoms with Crippen LogP contribution in [0, 0.1) is 0 Å². The molecule has 0 spiro atoms. The van der Waals surface area contributed by atoms with Gasteiger partial charge in [0, 0.05) is 17.3 Å². The summed E-state index contributed by atoms with van der Waals surface area (Å²) in [5.41, 5.74) is 1.89. The lowest BCUT2D eigenvalue weighted by molar-refractivity contribution is 0.0949. The number of halogens is 1. The summed E-state index contributed by atoms with van der Waals surface area (Å²) in [6.45, 7) is 2.74. The third-order valence-electron chi connectivity index (χ3n) is 3.57. The zero-order valence-electron chi connectivity index (χ0n) is 13.3. The number of fused-ring (bicyclic) bond motifs is 1. The smallest absolute Gasteiger partial charge is 0.267 e. The van der Waals surface area contributed by atoms with Gasteiger partial charge in [0.2, 0.25) is 0 Å². The summed E-state index contributed by atoms with van der Waals surface area (Å²) in [4.78, 5) is 23.7. The molecular formula is C17H18ClN5O. The molecule has 0 fully saturated rings. The van der Waals surface area contributed by atoms with Crippen LogP contribution in [0.1, 0.15) is 30.3 Å². The van der Waals surface area contributed by atoms with Gasteiger partial charge in [-0.3, -0.25) is 4.79 Å². The number of benzene rings is 1. The van der Waals surface area contributed by atoms with Crippen molar-refractivity contribution >= 4 is 40.0 Å². The number of nitrogens with zero attached hydrogens (tertiary/aromatic N) is 2. The van der Waals surface area contributed by atoms with Crippen LogP contribution >= 0.6 is 11.6 Å². The Morgan fingerprint density at radius 3 is 2.96 bits per heavy atom. The molecule has 2 aromatic heterocycles. The number of aromatic nitrogens is 3. The zero-order chi connectivity index (χ0) is 16.9. The van der Waals surface area contributed by atoms with Crippen molar-refractivity contribution in [1.29, 1.82) is 0 Å². The first kappa shape index (κ1) is 16.3. The molecule has 3 N–H and O–H groups in total. The largest absolute Gasteiger partial charge is 0.351 e. The van der Waals surface area contributed by atoms with Crippen LogP contribution in [0.4, 0.5) is 11.5 Å². The van der Waals surface area contributed by atoms with Crippen molar-refractivity contribution in [2.24, 2.45) is 0 Å². The molecule has 0 saturated carbocycles. The Labute approximate surface area is 144 Å². The van der Waals surface area contributed by atoms with E-state index in [1.54, 1.807) is 18.2 Å². The van der Waals surface area contributed by atoms with Gasteiger partial charge in [-0.05, 0) is 30.7 Å². The van der Waals surface area contributed by atoms with Crippen LogP contribution in [-0.2, 0) is 0 Å². The summed E-state index contributed by atoms with van der Waals surface area (Å²) in [7, 11) is 0. The minimum atomic E-state index is -0.143. The minimum Gasteiger partial charge on any atom is -0.351 e. The normalized spacial score (nSPS) is 10.8. The second-order valence-corrected chi connectivity index (χ2v) is 5.85. The van der Waals surface area contributed by atoms with Gasteiger partial charge in [-0.1, -0.05) is 31.0 Å².